The van der Waals surface area contributed by atoms with Gasteiger partial charge in [0.2, 0.25) is 0 Å². The summed E-state index contributed by atoms with van der Waals surface area (Å²) < 4.78 is 12.5. The maximum atomic E-state index is 13.3. The number of Topliss-reactive ketones (excluding diaryl/α,β-unsaturated/α-hetero) is 1. The van der Waals surface area contributed by atoms with Crippen LogP contribution in [0.25, 0.3) is 0 Å². The first-order valence-electron chi connectivity index (χ1n) is 10.2. The number of anilines is 1. The zero-order valence-corrected chi connectivity index (χ0v) is 17.0. The molecule has 158 valence electrons. The normalized spacial score (nSPS) is 24.8. The minimum absolute atomic E-state index is 0.00993. The van der Waals surface area contributed by atoms with E-state index in [4.69, 9.17) is 9.47 Å². The van der Waals surface area contributed by atoms with Gasteiger partial charge in [0, 0.05) is 13.1 Å². The molecule has 9 heteroatoms. The Labute approximate surface area is 172 Å². The van der Waals surface area contributed by atoms with Crippen LogP contribution in [0.4, 0.5) is 5.69 Å². The van der Waals surface area contributed by atoms with E-state index in [1.807, 2.05) is 24.3 Å². The van der Waals surface area contributed by atoms with Crippen LogP contribution in [0.2, 0.25) is 0 Å². The Morgan fingerprint density at radius 2 is 1.90 bits per heavy atom. The van der Waals surface area contributed by atoms with Crippen LogP contribution in [0, 0.1) is 5.92 Å². The molecule has 0 saturated carbocycles. The number of para-hydroxylation sites is 2. The molecule has 0 aliphatic carbocycles. The molecule has 1 N–H and O–H groups in total. The Balaban J connectivity index is 1.43. The van der Waals surface area contributed by atoms with E-state index in [1.165, 1.54) is 11.6 Å². The quantitative estimate of drug-likeness (QED) is 0.791. The lowest BCUT2D eigenvalue weighted by Crippen LogP contribution is -2.59. The molecular weight excluding hydrogens is 388 g/mol. The molecule has 0 amide bonds. The van der Waals surface area contributed by atoms with Crippen LogP contribution in [0.5, 0.6) is 5.75 Å². The van der Waals surface area contributed by atoms with Crippen LogP contribution >= 0.6 is 0 Å². The number of rotatable bonds is 4. The number of methoxy groups -OCH3 is 1. The number of hydrogen-bond donors (Lipinski definition) is 1. The molecule has 30 heavy (non-hydrogen) atoms. The molecule has 3 aliphatic rings. The van der Waals surface area contributed by atoms with E-state index in [1.54, 1.807) is 12.1 Å². The molecule has 2 fully saturated rings. The largest absolute Gasteiger partial charge is 0.495 e. The summed E-state index contributed by atoms with van der Waals surface area (Å²) in [4.78, 5) is 43.0. The number of H-pyrrole nitrogens is 1. The summed E-state index contributed by atoms with van der Waals surface area (Å²) in [5.41, 5.74) is 1.12. The number of carbonyl (C=O) groups is 1. The third-order valence-electron chi connectivity index (χ3n) is 6.38. The number of ketones is 1. The third-order valence-corrected chi connectivity index (χ3v) is 6.38. The summed E-state index contributed by atoms with van der Waals surface area (Å²) in [6.45, 7) is 3.81. The van der Waals surface area contributed by atoms with Crippen LogP contribution in [0.3, 0.4) is 0 Å². The molecule has 2 saturated heterocycles. The van der Waals surface area contributed by atoms with Crippen molar-refractivity contribution in [2.75, 3.05) is 43.2 Å². The van der Waals surface area contributed by atoms with Crippen molar-refractivity contribution in [1.29, 1.82) is 0 Å². The van der Waals surface area contributed by atoms with Crippen molar-refractivity contribution in [2.45, 2.75) is 25.6 Å². The molecule has 4 heterocycles. The lowest BCUT2D eigenvalue weighted by molar-refractivity contribution is -0.122. The summed E-state index contributed by atoms with van der Waals surface area (Å²) in [6.07, 6.45) is -0.423. The minimum Gasteiger partial charge on any atom is -0.495 e. The van der Waals surface area contributed by atoms with Crippen molar-refractivity contribution in [3.8, 4) is 5.75 Å². The van der Waals surface area contributed by atoms with Crippen LogP contribution in [0.15, 0.2) is 33.9 Å². The van der Waals surface area contributed by atoms with Gasteiger partial charge in [0.05, 0.1) is 49.2 Å². The highest BCUT2D eigenvalue weighted by molar-refractivity contribution is 5.80. The van der Waals surface area contributed by atoms with Gasteiger partial charge in [0.1, 0.15) is 17.6 Å². The van der Waals surface area contributed by atoms with Crippen molar-refractivity contribution >= 4 is 11.5 Å². The lowest BCUT2D eigenvalue weighted by atomic mass is 9.85. The van der Waals surface area contributed by atoms with Gasteiger partial charge < -0.3 is 24.4 Å². The Hall–Kier alpha value is -3.07. The molecule has 2 bridgehead atoms. The second-order valence-electron chi connectivity index (χ2n) is 7.99. The van der Waals surface area contributed by atoms with Crippen molar-refractivity contribution in [2.24, 2.45) is 5.92 Å². The Morgan fingerprint density at radius 1 is 1.17 bits per heavy atom. The van der Waals surface area contributed by atoms with E-state index < -0.39 is 11.8 Å². The summed E-state index contributed by atoms with van der Waals surface area (Å²) in [6, 6.07) is 7.80. The average Bonchev–Trinajstić information content (AvgIpc) is 3.33. The van der Waals surface area contributed by atoms with Gasteiger partial charge in [-0.3, -0.25) is 9.59 Å². The highest BCUT2D eigenvalue weighted by atomic mass is 16.5. The number of benzene rings is 1. The lowest BCUT2D eigenvalue weighted by Gasteiger charge is -2.37. The molecule has 9 nitrogen and oxygen atoms in total. The number of carbonyl (C=O) groups excluding carboxylic acids is 1. The van der Waals surface area contributed by atoms with E-state index in [2.05, 4.69) is 9.88 Å². The van der Waals surface area contributed by atoms with Crippen LogP contribution in [-0.4, -0.2) is 48.7 Å². The summed E-state index contributed by atoms with van der Waals surface area (Å²) in [5, 5.41) is 1.77. The number of ether oxygens (including phenoxy) is 2. The minimum atomic E-state index is -0.562. The molecule has 1 aromatic carbocycles. The van der Waals surface area contributed by atoms with Crippen LogP contribution < -0.4 is 25.9 Å². The van der Waals surface area contributed by atoms with Gasteiger partial charge in [0.15, 0.2) is 0 Å². The van der Waals surface area contributed by atoms with Gasteiger partial charge in [-0.15, -0.1) is 0 Å². The Bertz CT molecular complexity index is 1120. The second-order valence-corrected chi connectivity index (χ2v) is 7.99. The van der Waals surface area contributed by atoms with Gasteiger partial charge >= 0.3 is 5.69 Å². The number of nitrogens with zero attached hydrogens (tertiary/aromatic N) is 3. The van der Waals surface area contributed by atoms with Crippen LogP contribution in [-0.2, 0) is 9.53 Å². The molecule has 2 aromatic rings. The SMILES string of the molecule is COc1ccccc1N1CCN(n2c(=O)[nH]c3c(c2=O)[C@@H]2O[C@H]3C[C@H]2C(C)=O)CC1. The van der Waals surface area contributed by atoms with Crippen LogP contribution in [0.1, 0.15) is 36.8 Å². The fourth-order valence-electron chi connectivity index (χ4n) is 4.89. The van der Waals surface area contributed by atoms with E-state index in [0.29, 0.717) is 43.9 Å². The highest BCUT2D eigenvalue weighted by Gasteiger charge is 2.50. The molecule has 3 aliphatic heterocycles. The fraction of sp³-hybridized carbons (Fsp3) is 0.476. The summed E-state index contributed by atoms with van der Waals surface area (Å²) in [5.74, 6) is 0.481. The number of fused-ring (bicyclic) bond motifs is 5. The summed E-state index contributed by atoms with van der Waals surface area (Å²) in [7, 11) is 1.64. The molecule has 0 spiro atoms. The average molecular weight is 412 g/mol. The Morgan fingerprint density at radius 3 is 2.60 bits per heavy atom. The number of aromatic nitrogens is 2. The van der Waals surface area contributed by atoms with Crippen molar-refractivity contribution in [3.05, 3.63) is 56.4 Å². The predicted molar refractivity (Wildman–Crippen MR) is 110 cm³/mol. The monoisotopic (exact) mass is 412 g/mol. The smallest absolute Gasteiger partial charge is 0.347 e. The zero-order valence-electron chi connectivity index (χ0n) is 17.0. The van der Waals surface area contributed by atoms with Gasteiger partial charge in [0.25, 0.3) is 5.56 Å². The van der Waals surface area contributed by atoms with Gasteiger partial charge in [-0.2, -0.15) is 4.68 Å². The first-order valence-corrected chi connectivity index (χ1v) is 10.2. The van der Waals surface area contributed by atoms with Crippen molar-refractivity contribution < 1.29 is 14.3 Å². The van der Waals surface area contributed by atoms with Gasteiger partial charge in [-0.25, -0.2) is 4.79 Å². The number of aromatic amines is 1. The maximum Gasteiger partial charge on any atom is 0.347 e. The van der Waals surface area contributed by atoms with E-state index in [0.717, 1.165) is 11.4 Å². The molecule has 0 radical (unpaired) electrons. The van der Waals surface area contributed by atoms with E-state index in [-0.39, 0.29) is 23.4 Å². The van der Waals surface area contributed by atoms with Gasteiger partial charge in [-0.1, -0.05) is 12.1 Å². The molecule has 1 aromatic heterocycles. The third kappa shape index (κ3) is 2.76. The first kappa shape index (κ1) is 18.9. The van der Waals surface area contributed by atoms with Crippen molar-refractivity contribution in [1.82, 2.24) is 9.66 Å². The molecule has 0 unspecified atom stereocenters. The number of piperazine rings is 1. The van der Waals surface area contributed by atoms with E-state index >= 15 is 0 Å². The molecule has 3 atom stereocenters. The summed E-state index contributed by atoms with van der Waals surface area (Å²) >= 11 is 0. The molecule has 5 rings (SSSR count). The Kier molecular flexibility index (Phi) is 4.43. The fourth-order valence-corrected chi connectivity index (χ4v) is 4.89. The van der Waals surface area contributed by atoms with E-state index in [9.17, 15) is 14.4 Å². The first-order chi connectivity index (χ1) is 14.5. The maximum absolute atomic E-state index is 13.3. The zero-order chi connectivity index (χ0) is 21.0. The van der Waals surface area contributed by atoms with Crippen molar-refractivity contribution in [3.63, 3.8) is 0 Å². The number of nitrogens with one attached hydrogen (secondary N) is 1. The molecular formula is C21H24N4O5. The number of hydrogen-bond acceptors (Lipinski definition) is 7. The second kappa shape index (κ2) is 7.02. The topological polar surface area (TPSA) is 96.9 Å². The van der Waals surface area contributed by atoms with Gasteiger partial charge in [-0.05, 0) is 25.5 Å². The predicted octanol–water partition coefficient (Wildman–Crippen LogP) is 0.725. The highest BCUT2D eigenvalue weighted by Crippen LogP contribution is 2.51. The standard InChI is InChI=1S/C21H24N4O5/c1-12(26)13-11-16-18-17(19(13)30-16)20(27)25(21(28)22-18)24-9-7-23(8-10-24)14-5-3-4-6-15(14)29-2/h3-6,13,16,19H,7-11H2,1-2H3,(H,22,28)/t13-,16-,19+/m0/s1.